The highest BCUT2D eigenvalue weighted by molar-refractivity contribution is 5.48. The van der Waals surface area contributed by atoms with E-state index in [0.717, 1.165) is 25.2 Å². The maximum atomic E-state index is 10.3. The van der Waals surface area contributed by atoms with E-state index in [4.69, 9.17) is 0 Å². The van der Waals surface area contributed by atoms with E-state index in [-0.39, 0.29) is 0 Å². The highest BCUT2D eigenvalue weighted by Gasteiger charge is 2.13. The monoisotopic (exact) mass is 140 g/mol. The number of carbonyl (C=O) groups is 1. The Morgan fingerprint density at radius 2 is 2.30 bits per heavy atom. The van der Waals surface area contributed by atoms with Crippen molar-refractivity contribution in [3.8, 4) is 0 Å². The molecule has 0 radical (unpaired) electrons. The minimum Gasteiger partial charge on any atom is -0.375 e. The summed E-state index contributed by atoms with van der Waals surface area (Å²) in [5.41, 5.74) is 1.01. The molecule has 0 aromatic rings. The molecule has 0 bridgehead atoms. The van der Waals surface area contributed by atoms with Crippen LogP contribution < -0.4 is 0 Å². The van der Waals surface area contributed by atoms with Crippen molar-refractivity contribution in [2.45, 2.75) is 0 Å². The Kier molecular flexibility index (Phi) is 1.94. The number of hydrogen-bond donors (Lipinski definition) is 0. The lowest BCUT2D eigenvalue weighted by molar-refractivity contribution is -0.118. The van der Waals surface area contributed by atoms with Crippen LogP contribution in [0.1, 0.15) is 0 Å². The molecule has 0 atom stereocenters. The van der Waals surface area contributed by atoms with Gasteiger partial charge in [0.1, 0.15) is 0 Å². The minimum atomic E-state index is 0.681. The molecule has 1 heterocycles. The third-order valence-electron chi connectivity index (χ3n) is 1.80. The van der Waals surface area contributed by atoms with Crippen LogP contribution in [0.5, 0.6) is 0 Å². The predicted octanol–water partition coefficient (Wildman–Crippen LogP) is -0.0961. The highest BCUT2D eigenvalue weighted by atomic mass is 16.1. The Morgan fingerprint density at radius 3 is 2.80 bits per heavy atom. The molecule has 3 heteroatoms. The van der Waals surface area contributed by atoms with Crippen molar-refractivity contribution in [3.05, 3.63) is 12.3 Å². The number of hydrogen-bond acceptors (Lipinski definition) is 2. The zero-order valence-corrected chi connectivity index (χ0v) is 6.21. The molecule has 0 spiro atoms. The van der Waals surface area contributed by atoms with E-state index >= 15 is 0 Å². The second-order valence-electron chi connectivity index (χ2n) is 2.56. The first-order valence-corrected chi connectivity index (χ1v) is 3.32. The van der Waals surface area contributed by atoms with Gasteiger partial charge in [0.05, 0.1) is 6.54 Å². The molecular formula is C7H12N2O. The molecule has 1 rings (SSSR count). The summed E-state index contributed by atoms with van der Waals surface area (Å²) in [5, 5.41) is 0. The minimum absolute atomic E-state index is 0.681. The van der Waals surface area contributed by atoms with E-state index in [1.54, 1.807) is 4.90 Å². The van der Waals surface area contributed by atoms with Crippen molar-refractivity contribution >= 4 is 6.41 Å². The smallest absolute Gasteiger partial charge is 0.210 e. The summed E-state index contributed by atoms with van der Waals surface area (Å²) in [4.78, 5) is 14.1. The van der Waals surface area contributed by atoms with Crippen LogP contribution in [0.15, 0.2) is 12.3 Å². The fourth-order valence-electron chi connectivity index (χ4n) is 0.961. The van der Waals surface area contributed by atoms with Gasteiger partial charge in [-0.25, -0.2) is 0 Å². The van der Waals surface area contributed by atoms with E-state index in [1.165, 1.54) is 0 Å². The van der Waals surface area contributed by atoms with Gasteiger partial charge in [0, 0.05) is 25.8 Å². The van der Waals surface area contributed by atoms with Crippen LogP contribution >= 0.6 is 0 Å². The van der Waals surface area contributed by atoms with Crippen LogP contribution in [0, 0.1) is 0 Å². The van der Waals surface area contributed by atoms with Crippen molar-refractivity contribution in [1.29, 1.82) is 0 Å². The van der Waals surface area contributed by atoms with E-state index in [2.05, 4.69) is 11.5 Å². The summed E-state index contributed by atoms with van der Waals surface area (Å²) in [6.07, 6.45) is 0.873. The van der Waals surface area contributed by atoms with E-state index in [0.29, 0.717) is 6.54 Å². The summed E-state index contributed by atoms with van der Waals surface area (Å²) >= 11 is 0. The average molecular weight is 140 g/mol. The molecule has 0 unspecified atom stereocenters. The first kappa shape index (κ1) is 7.12. The summed E-state index contributed by atoms with van der Waals surface area (Å²) < 4.78 is 0. The standard InChI is InChI=1S/C7H12N2O/c1-7-5-9(6-10)4-3-8(7)2/h6H,1,3-5H2,2H3. The molecule has 1 amide bonds. The van der Waals surface area contributed by atoms with Gasteiger partial charge in [-0.15, -0.1) is 0 Å². The van der Waals surface area contributed by atoms with Crippen molar-refractivity contribution in [1.82, 2.24) is 9.80 Å². The van der Waals surface area contributed by atoms with Gasteiger partial charge in [0.25, 0.3) is 0 Å². The van der Waals surface area contributed by atoms with Crippen molar-refractivity contribution in [3.63, 3.8) is 0 Å². The Balaban J connectivity index is 2.48. The zero-order chi connectivity index (χ0) is 7.56. The van der Waals surface area contributed by atoms with Crippen LogP contribution in [-0.2, 0) is 4.79 Å². The second kappa shape index (κ2) is 2.73. The Bertz CT molecular complexity index is 156. The summed E-state index contributed by atoms with van der Waals surface area (Å²) in [6, 6.07) is 0. The SMILES string of the molecule is C=C1CN(C=O)CCN1C. The molecule has 0 aliphatic carbocycles. The Hall–Kier alpha value is -0.990. The van der Waals surface area contributed by atoms with Crippen LogP contribution in [0.25, 0.3) is 0 Å². The van der Waals surface area contributed by atoms with Crippen molar-refractivity contribution < 1.29 is 4.79 Å². The first-order valence-electron chi connectivity index (χ1n) is 3.32. The molecule has 56 valence electrons. The van der Waals surface area contributed by atoms with Crippen LogP contribution in [0.4, 0.5) is 0 Å². The molecule has 1 fully saturated rings. The van der Waals surface area contributed by atoms with Gasteiger partial charge in [-0.05, 0) is 0 Å². The number of rotatable bonds is 1. The van der Waals surface area contributed by atoms with Gasteiger partial charge < -0.3 is 9.80 Å². The Labute approximate surface area is 60.9 Å². The number of amides is 1. The maximum absolute atomic E-state index is 10.3. The van der Waals surface area contributed by atoms with Gasteiger partial charge in [-0.1, -0.05) is 6.58 Å². The molecule has 0 aromatic carbocycles. The second-order valence-corrected chi connectivity index (χ2v) is 2.56. The third kappa shape index (κ3) is 1.29. The van der Waals surface area contributed by atoms with Crippen molar-refractivity contribution in [2.75, 3.05) is 26.7 Å². The quantitative estimate of drug-likeness (QED) is 0.475. The first-order chi connectivity index (χ1) is 4.74. The van der Waals surface area contributed by atoms with Crippen LogP contribution in [0.2, 0.25) is 0 Å². The Morgan fingerprint density at radius 1 is 1.60 bits per heavy atom. The van der Waals surface area contributed by atoms with Crippen molar-refractivity contribution in [2.24, 2.45) is 0 Å². The predicted molar refractivity (Wildman–Crippen MR) is 39.4 cm³/mol. The summed E-state index contributed by atoms with van der Waals surface area (Å²) in [6.45, 7) is 6.22. The molecule has 1 aliphatic rings. The van der Waals surface area contributed by atoms with Crippen LogP contribution in [0.3, 0.4) is 0 Å². The largest absolute Gasteiger partial charge is 0.375 e. The fraction of sp³-hybridized carbons (Fsp3) is 0.571. The van der Waals surface area contributed by atoms with Gasteiger partial charge in [-0.3, -0.25) is 4.79 Å². The van der Waals surface area contributed by atoms with E-state index in [1.807, 2.05) is 7.05 Å². The molecule has 0 N–H and O–H groups in total. The zero-order valence-electron chi connectivity index (χ0n) is 6.21. The molecular weight excluding hydrogens is 128 g/mol. The van der Waals surface area contributed by atoms with E-state index in [9.17, 15) is 4.79 Å². The number of likely N-dealkylation sites (N-methyl/N-ethyl adjacent to an activating group) is 1. The van der Waals surface area contributed by atoms with Crippen LogP contribution in [-0.4, -0.2) is 42.9 Å². The van der Waals surface area contributed by atoms with Gasteiger partial charge in [0.15, 0.2) is 0 Å². The lowest BCUT2D eigenvalue weighted by atomic mass is 10.3. The highest BCUT2D eigenvalue weighted by Crippen LogP contribution is 2.05. The normalized spacial score (nSPS) is 19.5. The number of carbonyl (C=O) groups excluding carboxylic acids is 1. The maximum Gasteiger partial charge on any atom is 0.210 e. The molecule has 3 nitrogen and oxygen atoms in total. The molecule has 1 aliphatic heterocycles. The van der Waals surface area contributed by atoms with Gasteiger partial charge >= 0.3 is 0 Å². The lowest BCUT2D eigenvalue weighted by Gasteiger charge is -2.32. The molecule has 0 saturated carbocycles. The summed E-state index contributed by atoms with van der Waals surface area (Å²) in [7, 11) is 1.99. The topological polar surface area (TPSA) is 23.6 Å². The fourth-order valence-corrected chi connectivity index (χ4v) is 0.961. The molecule has 0 aromatic heterocycles. The van der Waals surface area contributed by atoms with Gasteiger partial charge in [0.2, 0.25) is 6.41 Å². The summed E-state index contributed by atoms with van der Waals surface area (Å²) in [5.74, 6) is 0. The van der Waals surface area contributed by atoms with Gasteiger partial charge in [-0.2, -0.15) is 0 Å². The molecule has 1 saturated heterocycles. The third-order valence-corrected chi connectivity index (χ3v) is 1.80. The van der Waals surface area contributed by atoms with E-state index < -0.39 is 0 Å². The lowest BCUT2D eigenvalue weighted by Crippen LogP contribution is -2.41. The average Bonchev–Trinajstić information content (AvgIpc) is 1.95. The molecule has 10 heavy (non-hydrogen) atoms. The number of nitrogens with zero attached hydrogens (tertiary/aromatic N) is 2. The number of piperazine rings is 1.